The molecule has 90 valence electrons. The largest absolute Gasteiger partial charge is 0.350 e. The summed E-state index contributed by atoms with van der Waals surface area (Å²) in [5.74, 6) is 0. The van der Waals surface area contributed by atoms with Gasteiger partial charge in [-0.2, -0.15) is 0 Å². The maximum absolute atomic E-state index is 12.0. The average molecular weight is 238 g/mol. The second kappa shape index (κ2) is 6.61. The quantitative estimate of drug-likeness (QED) is 0.635. The van der Waals surface area contributed by atoms with Crippen LogP contribution >= 0.6 is 7.60 Å². The van der Waals surface area contributed by atoms with E-state index in [0.29, 0.717) is 39.0 Å². The molecule has 1 fully saturated rings. The Labute approximate surface area is 90.6 Å². The highest BCUT2D eigenvalue weighted by Gasteiger charge is 2.27. The van der Waals surface area contributed by atoms with Crippen LogP contribution in [0.25, 0.3) is 0 Å². The van der Waals surface area contributed by atoms with Gasteiger partial charge in [0, 0.05) is 6.42 Å². The van der Waals surface area contributed by atoms with Crippen LogP contribution in [0, 0.1) is 0 Å². The Bertz CT molecular complexity index is 205. The van der Waals surface area contributed by atoms with Crippen molar-refractivity contribution in [3.63, 3.8) is 0 Å². The predicted octanol–water partition coefficient (Wildman–Crippen LogP) is 2.02. The fourth-order valence-corrected chi connectivity index (χ4v) is 3.04. The van der Waals surface area contributed by atoms with E-state index in [4.69, 9.17) is 18.5 Å². The molecule has 0 amide bonds. The van der Waals surface area contributed by atoms with E-state index in [1.165, 1.54) is 0 Å². The van der Waals surface area contributed by atoms with E-state index in [2.05, 4.69) is 0 Å². The first-order valence-corrected chi connectivity index (χ1v) is 7.04. The van der Waals surface area contributed by atoms with Crippen molar-refractivity contribution in [2.45, 2.75) is 26.6 Å². The zero-order valence-corrected chi connectivity index (χ0v) is 10.2. The number of rotatable bonds is 7. The van der Waals surface area contributed by atoms with Crippen LogP contribution in [0.4, 0.5) is 0 Å². The molecule has 1 saturated heterocycles. The van der Waals surface area contributed by atoms with E-state index in [0.717, 1.165) is 0 Å². The van der Waals surface area contributed by atoms with Crippen LogP contribution in [0.2, 0.25) is 0 Å². The highest BCUT2D eigenvalue weighted by Crippen LogP contribution is 2.48. The molecular formula is C9H19O5P. The Kier molecular flexibility index (Phi) is 5.79. The molecule has 6 heteroatoms. The number of hydrogen-bond donors (Lipinski definition) is 0. The van der Waals surface area contributed by atoms with Gasteiger partial charge in [0.05, 0.1) is 32.6 Å². The van der Waals surface area contributed by atoms with E-state index in [9.17, 15) is 4.57 Å². The fourth-order valence-electron chi connectivity index (χ4n) is 1.40. The van der Waals surface area contributed by atoms with Gasteiger partial charge in [0.2, 0.25) is 0 Å². The van der Waals surface area contributed by atoms with Crippen molar-refractivity contribution < 1.29 is 23.1 Å². The summed E-state index contributed by atoms with van der Waals surface area (Å²) in [6, 6.07) is 0. The van der Waals surface area contributed by atoms with E-state index in [1.807, 2.05) is 0 Å². The summed E-state index contributed by atoms with van der Waals surface area (Å²) in [5.41, 5.74) is 0. The van der Waals surface area contributed by atoms with Crippen molar-refractivity contribution >= 4 is 7.60 Å². The van der Waals surface area contributed by atoms with Crippen LogP contribution in [0.3, 0.4) is 0 Å². The van der Waals surface area contributed by atoms with Gasteiger partial charge in [-0.1, -0.05) is 0 Å². The second-order valence-electron chi connectivity index (χ2n) is 3.13. The van der Waals surface area contributed by atoms with Crippen molar-refractivity contribution in [2.75, 3.05) is 32.6 Å². The minimum Gasteiger partial charge on any atom is -0.350 e. The van der Waals surface area contributed by atoms with Gasteiger partial charge in [-0.25, -0.2) is 0 Å². The highest BCUT2D eigenvalue weighted by atomic mass is 31.2. The van der Waals surface area contributed by atoms with Gasteiger partial charge in [0.25, 0.3) is 0 Å². The summed E-state index contributed by atoms with van der Waals surface area (Å²) >= 11 is 0. The highest BCUT2D eigenvalue weighted by molar-refractivity contribution is 7.53. The molecule has 1 aliphatic rings. The Hall–Kier alpha value is 0.0700. The van der Waals surface area contributed by atoms with Crippen LogP contribution in [0.15, 0.2) is 0 Å². The zero-order valence-electron chi connectivity index (χ0n) is 9.31. The summed E-state index contributed by atoms with van der Waals surface area (Å²) in [6.45, 7) is 5.60. The van der Waals surface area contributed by atoms with E-state index < -0.39 is 7.60 Å². The smallest absolute Gasteiger partial charge is 0.330 e. The third-order valence-electron chi connectivity index (χ3n) is 1.98. The summed E-state index contributed by atoms with van der Waals surface area (Å²) < 4.78 is 32.8. The average Bonchev–Trinajstić information content (AvgIpc) is 2.68. The molecule has 1 rings (SSSR count). The van der Waals surface area contributed by atoms with E-state index in [-0.39, 0.29) is 6.29 Å². The van der Waals surface area contributed by atoms with Gasteiger partial charge in [0.15, 0.2) is 6.29 Å². The Morgan fingerprint density at radius 1 is 1.20 bits per heavy atom. The van der Waals surface area contributed by atoms with Gasteiger partial charge >= 0.3 is 7.60 Å². The molecular weight excluding hydrogens is 219 g/mol. The first kappa shape index (κ1) is 13.1. The first-order chi connectivity index (χ1) is 7.20. The van der Waals surface area contributed by atoms with Gasteiger partial charge < -0.3 is 18.5 Å². The predicted molar refractivity (Wildman–Crippen MR) is 56.0 cm³/mol. The molecule has 5 nitrogen and oxygen atoms in total. The first-order valence-electron chi connectivity index (χ1n) is 5.31. The molecule has 0 aromatic carbocycles. The summed E-state index contributed by atoms with van der Waals surface area (Å²) in [7, 11) is -2.93. The molecule has 0 saturated carbocycles. The molecule has 0 spiro atoms. The number of ether oxygens (including phenoxy) is 2. The third-order valence-corrected chi connectivity index (χ3v) is 4.09. The molecule has 0 bridgehead atoms. The molecule has 0 radical (unpaired) electrons. The minimum atomic E-state index is -2.93. The molecule has 15 heavy (non-hydrogen) atoms. The summed E-state index contributed by atoms with van der Waals surface area (Å²) in [4.78, 5) is 0. The number of hydrogen-bond acceptors (Lipinski definition) is 5. The lowest BCUT2D eigenvalue weighted by Gasteiger charge is -2.18. The standard InChI is InChI=1S/C9H19O5P/c1-3-13-15(10,14-4-2)8-5-9-11-6-7-12-9/h9H,3-8H2,1-2H3. The van der Waals surface area contributed by atoms with Gasteiger partial charge in [-0.05, 0) is 13.8 Å². The minimum absolute atomic E-state index is 0.251. The molecule has 1 heterocycles. The molecule has 0 atom stereocenters. The van der Waals surface area contributed by atoms with Crippen molar-refractivity contribution in [2.24, 2.45) is 0 Å². The van der Waals surface area contributed by atoms with Crippen LogP contribution in [-0.4, -0.2) is 38.9 Å². The Balaban J connectivity index is 2.32. The Morgan fingerprint density at radius 3 is 2.20 bits per heavy atom. The monoisotopic (exact) mass is 238 g/mol. The zero-order chi connectivity index (χ0) is 11.1. The molecule has 0 unspecified atom stereocenters. The molecule has 1 aliphatic heterocycles. The van der Waals surface area contributed by atoms with Gasteiger partial charge in [-0.15, -0.1) is 0 Å². The molecule has 0 N–H and O–H groups in total. The van der Waals surface area contributed by atoms with Crippen LogP contribution in [0.1, 0.15) is 20.3 Å². The van der Waals surface area contributed by atoms with Crippen molar-refractivity contribution in [1.29, 1.82) is 0 Å². The maximum Gasteiger partial charge on any atom is 0.330 e. The van der Waals surface area contributed by atoms with E-state index >= 15 is 0 Å². The molecule has 0 aromatic heterocycles. The molecule has 0 aromatic rings. The fraction of sp³-hybridized carbons (Fsp3) is 1.00. The topological polar surface area (TPSA) is 54.0 Å². The lowest BCUT2D eigenvalue weighted by molar-refractivity contribution is -0.0433. The van der Waals surface area contributed by atoms with Crippen LogP contribution in [-0.2, 0) is 23.1 Å². The normalized spacial score (nSPS) is 18.5. The SMILES string of the molecule is CCOP(=O)(CCC1OCCO1)OCC. The van der Waals surface area contributed by atoms with E-state index in [1.54, 1.807) is 13.8 Å². The van der Waals surface area contributed by atoms with Crippen LogP contribution < -0.4 is 0 Å². The Morgan fingerprint density at radius 2 is 1.73 bits per heavy atom. The maximum atomic E-state index is 12.0. The van der Waals surface area contributed by atoms with Crippen LogP contribution in [0.5, 0.6) is 0 Å². The second-order valence-corrected chi connectivity index (χ2v) is 5.32. The lowest BCUT2D eigenvalue weighted by Crippen LogP contribution is -2.11. The van der Waals surface area contributed by atoms with Gasteiger partial charge in [-0.3, -0.25) is 4.57 Å². The summed E-state index contributed by atoms with van der Waals surface area (Å²) in [6.07, 6.45) is 0.649. The van der Waals surface area contributed by atoms with Gasteiger partial charge in [0.1, 0.15) is 0 Å². The van der Waals surface area contributed by atoms with Crippen molar-refractivity contribution in [3.05, 3.63) is 0 Å². The lowest BCUT2D eigenvalue weighted by atomic mass is 10.5. The third kappa shape index (κ3) is 4.62. The van der Waals surface area contributed by atoms with Crippen molar-refractivity contribution in [3.8, 4) is 0 Å². The molecule has 0 aliphatic carbocycles. The van der Waals surface area contributed by atoms with Crippen molar-refractivity contribution in [1.82, 2.24) is 0 Å². The summed E-state index contributed by atoms with van der Waals surface area (Å²) in [5, 5.41) is 0.